The largest absolute Gasteiger partial charge is 0.462 e. The molecule has 0 spiro atoms. The summed E-state index contributed by atoms with van der Waals surface area (Å²) in [5.41, 5.74) is 0.420. The van der Waals surface area contributed by atoms with Crippen molar-refractivity contribution in [3.63, 3.8) is 0 Å². The Hall–Kier alpha value is -2.21. The molecule has 1 atom stereocenters. The van der Waals surface area contributed by atoms with Crippen LogP contribution in [0.5, 0.6) is 0 Å². The second-order valence-corrected chi connectivity index (χ2v) is 6.15. The first-order chi connectivity index (χ1) is 10.6. The van der Waals surface area contributed by atoms with Crippen LogP contribution in [-0.2, 0) is 11.2 Å². The Morgan fingerprint density at radius 1 is 1.41 bits per heavy atom. The van der Waals surface area contributed by atoms with E-state index in [0.29, 0.717) is 24.1 Å². The fraction of sp³-hybridized carbons (Fsp3) is 0.312. The van der Waals surface area contributed by atoms with E-state index in [1.165, 1.54) is 6.07 Å². The van der Waals surface area contributed by atoms with Gasteiger partial charge in [-0.1, -0.05) is 6.07 Å². The van der Waals surface area contributed by atoms with Crippen LogP contribution in [0.25, 0.3) is 0 Å². The van der Waals surface area contributed by atoms with Gasteiger partial charge in [-0.05, 0) is 30.9 Å². The van der Waals surface area contributed by atoms with Crippen molar-refractivity contribution >= 4 is 23.1 Å². The molecule has 22 heavy (non-hydrogen) atoms. The zero-order valence-electron chi connectivity index (χ0n) is 12.0. The molecule has 0 amide bonds. The summed E-state index contributed by atoms with van der Waals surface area (Å²) in [5.74, 6) is -0.662. The number of ketones is 1. The molecule has 3 rings (SSSR count). The predicted octanol–water partition coefficient (Wildman–Crippen LogP) is 2.53. The van der Waals surface area contributed by atoms with Crippen LogP contribution in [0.2, 0.25) is 0 Å². The Morgan fingerprint density at radius 3 is 2.91 bits per heavy atom. The number of H-pyrrole nitrogens is 1. The van der Waals surface area contributed by atoms with E-state index >= 15 is 0 Å². The molecule has 2 aromatic rings. The third-order valence-corrected chi connectivity index (χ3v) is 4.78. The molecule has 0 saturated carbocycles. The molecule has 114 valence electrons. The average molecular weight is 317 g/mol. The lowest BCUT2D eigenvalue weighted by atomic mass is 9.84. The van der Waals surface area contributed by atoms with Crippen molar-refractivity contribution in [3.05, 3.63) is 55.6 Å². The van der Waals surface area contributed by atoms with Gasteiger partial charge in [0.2, 0.25) is 0 Å². The lowest BCUT2D eigenvalue weighted by Crippen LogP contribution is -2.27. The second-order valence-electron chi connectivity index (χ2n) is 5.17. The summed E-state index contributed by atoms with van der Waals surface area (Å²) in [5, 5.41) is 1.97. The molecule has 0 aromatic carbocycles. The summed E-state index contributed by atoms with van der Waals surface area (Å²) >= 11 is 1.61. The summed E-state index contributed by atoms with van der Waals surface area (Å²) < 4.78 is 4.85. The molecule has 2 heterocycles. The molecule has 0 fully saturated rings. The number of carbonyl (C=O) groups is 2. The van der Waals surface area contributed by atoms with Gasteiger partial charge < -0.3 is 9.72 Å². The topological polar surface area (TPSA) is 76.2 Å². The van der Waals surface area contributed by atoms with Gasteiger partial charge in [-0.15, -0.1) is 11.3 Å². The van der Waals surface area contributed by atoms with Gasteiger partial charge in [0, 0.05) is 28.5 Å². The minimum atomic E-state index is -0.695. The number of carbonyl (C=O) groups excluding carboxylic acids is 2. The van der Waals surface area contributed by atoms with Crippen LogP contribution < -0.4 is 5.56 Å². The monoisotopic (exact) mass is 317 g/mol. The standard InChI is InChI=1S/C16H15NO4S/c1-2-21-16(20)11-8-10-12(17-15(11)19)6-9(7-13(10)18)14-4-3-5-22-14/h3-5,8-9H,2,6-7H2,1H3,(H,17,19)/t9-/m0/s1. The van der Waals surface area contributed by atoms with E-state index in [2.05, 4.69) is 4.98 Å². The molecule has 1 aliphatic rings. The predicted molar refractivity (Wildman–Crippen MR) is 82.7 cm³/mol. The van der Waals surface area contributed by atoms with E-state index in [1.807, 2.05) is 17.5 Å². The van der Waals surface area contributed by atoms with Gasteiger partial charge >= 0.3 is 5.97 Å². The number of aromatic nitrogens is 1. The lowest BCUT2D eigenvalue weighted by Gasteiger charge is -2.22. The molecule has 0 saturated heterocycles. The van der Waals surface area contributed by atoms with Gasteiger partial charge in [0.05, 0.1) is 6.61 Å². The van der Waals surface area contributed by atoms with Crippen LogP contribution in [0.3, 0.4) is 0 Å². The summed E-state index contributed by atoms with van der Waals surface area (Å²) in [6.45, 7) is 1.85. The summed E-state index contributed by atoms with van der Waals surface area (Å²) in [7, 11) is 0. The Morgan fingerprint density at radius 2 is 2.23 bits per heavy atom. The molecule has 1 aliphatic carbocycles. The number of Topliss-reactive ketones (excluding diaryl/α,β-unsaturated/α-hetero) is 1. The van der Waals surface area contributed by atoms with Crippen molar-refractivity contribution in [1.82, 2.24) is 4.98 Å². The maximum absolute atomic E-state index is 12.4. The first-order valence-electron chi connectivity index (χ1n) is 7.10. The lowest BCUT2D eigenvalue weighted by molar-refractivity contribution is 0.0524. The fourth-order valence-corrected chi connectivity index (χ4v) is 3.55. The number of esters is 1. The number of pyridine rings is 1. The number of hydrogen-bond donors (Lipinski definition) is 1. The van der Waals surface area contributed by atoms with Crippen molar-refractivity contribution < 1.29 is 14.3 Å². The molecule has 0 unspecified atom stereocenters. The van der Waals surface area contributed by atoms with Crippen molar-refractivity contribution in [2.75, 3.05) is 6.61 Å². The highest BCUT2D eigenvalue weighted by Gasteiger charge is 2.29. The first kappa shape index (κ1) is 14.7. The van der Waals surface area contributed by atoms with Crippen LogP contribution in [0, 0.1) is 0 Å². The number of fused-ring (bicyclic) bond motifs is 1. The summed E-state index contributed by atoms with van der Waals surface area (Å²) in [4.78, 5) is 40.0. The van der Waals surface area contributed by atoms with E-state index in [4.69, 9.17) is 4.74 Å². The highest BCUT2D eigenvalue weighted by Crippen LogP contribution is 2.33. The number of nitrogens with one attached hydrogen (secondary N) is 1. The molecule has 6 heteroatoms. The highest BCUT2D eigenvalue weighted by atomic mass is 32.1. The van der Waals surface area contributed by atoms with Crippen LogP contribution in [0.4, 0.5) is 0 Å². The zero-order valence-corrected chi connectivity index (χ0v) is 12.9. The third-order valence-electron chi connectivity index (χ3n) is 3.75. The number of thiophene rings is 1. The zero-order chi connectivity index (χ0) is 15.7. The van der Waals surface area contributed by atoms with E-state index in [9.17, 15) is 14.4 Å². The van der Waals surface area contributed by atoms with Crippen LogP contribution in [-0.4, -0.2) is 23.3 Å². The quantitative estimate of drug-likeness (QED) is 0.883. The highest BCUT2D eigenvalue weighted by molar-refractivity contribution is 7.10. The molecular formula is C16H15NO4S. The number of ether oxygens (including phenoxy) is 1. The Bertz CT molecular complexity index is 776. The van der Waals surface area contributed by atoms with Crippen LogP contribution in [0.15, 0.2) is 28.4 Å². The molecule has 0 aliphatic heterocycles. The fourth-order valence-electron chi connectivity index (χ4n) is 2.72. The number of aromatic amines is 1. The normalized spacial score (nSPS) is 17.1. The minimum Gasteiger partial charge on any atom is -0.462 e. The van der Waals surface area contributed by atoms with Gasteiger partial charge in [-0.25, -0.2) is 4.79 Å². The smallest absolute Gasteiger partial charge is 0.343 e. The van der Waals surface area contributed by atoms with Crippen molar-refractivity contribution in [1.29, 1.82) is 0 Å². The van der Waals surface area contributed by atoms with E-state index in [1.54, 1.807) is 18.3 Å². The number of hydrogen-bond acceptors (Lipinski definition) is 5. The molecule has 0 radical (unpaired) electrons. The molecular weight excluding hydrogens is 302 g/mol. The Kier molecular flexibility index (Phi) is 3.94. The van der Waals surface area contributed by atoms with Crippen molar-refractivity contribution in [3.8, 4) is 0 Å². The SMILES string of the molecule is CCOC(=O)c1cc2c([nH]c1=O)C[C@H](c1cccs1)CC2=O. The maximum atomic E-state index is 12.4. The van der Waals surface area contributed by atoms with Gasteiger partial charge in [0.1, 0.15) is 5.56 Å². The number of rotatable bonds is 3. The molecule has 0 bridgehead atoms. The van der Waals surface area contributed by atoms with Crippen molar-refractivity contribution in [2.45, 2.75) is 25.7 Å². The molecule has 1 N–H and O–H groups in total. The summed E-state index contributed by atoms with van der Waals surface area (Å²) in [6, 6.07) is 5.32. The minimum absolute atomic E-state index is 0.0542. The second kappa shape index (κ2) is 5.88. The van der Waals surface area contributed by atoms with E-state index in [0.717, 1.165) is 4.88 Å². The van der Waals surface area contributed by atoms with Gasteiger partial charge in [-0.3, -0.25) is 9.59 Å². The first-order valence-corrected chi connectivity index (χ1v) is 7.98. The summed E-state index contributed by atoms with van der Waals surface area (Å²) in [6.07, 6.45) is 0.988. The molecule has 2 aromatic heterocycles. The maximum Gasteiger partial charge on any atom is 0.343 e. The van der Waals surface area contributed by atoms with Crippen LogP contribution >= 0.6 is 11.3 Å². The Labute approximate surface area is 130 Å². The van der Waals surface area contributed by atoms with Gasteiger partial charge in [0.25, 0.3) is 5.56 Å². The van der Waals surface area contributed by atoms with Crippen molar-refractivity contribution in [2.24, 2.45) is 0 Å². The van der Waals surface area contributed by atoms with Gasteiger partial charge in [0.15, 0.2) is 5.78 Å². The van der Waals surface area contributed by atoms with E-state index in [-0.39, 0.29) is 23.9 Å². The molecule has 5 nitrogen and oxygen atoms in total. The van der Waals surface area contributed by atoms with Gasteiger partial charge in [-0.2, -0.15) is 0 Å². The van der Waals surface area contributed by atoms with Crippen LogP contribution in [0.1, 0.15) is 50.5 Å². The third kappa shape index (κ3) is 2.62. The Balaban J connectivity index is 1.98. The average Bonchev–Trinajstić information content (AvgIpc) is 3.00. The van der Waals surface area contributed by atoms with E-state index < -0.39 is 11.5 Å².